The van der Waals surface area contributed by atoms with Gasteiger partial charge in [0.15, 0.2) is 0 Å². The molecular formula is C13H24N4O. The first-order chi connectivity index (χ1) is 8.63. The molecule has 1 atom stereocenters. The average Bonchev–Trinajstić information content (AvgIpc) is 2.65. The molecule has 0 spiro atoms. The number of ether oxygens (including phenoxy) is 1. The molecule has 18 heavy (non-hydrogen) atoms. The van der Waals surface area contributed by atoms with Crippen molar-refractivity contribution in [3.05, 3.63) is 11.3 Å². The van der Waals surface area contributed by atoms with Gasteiger partial charge in [-0.3, -0.25) is 4.68 Å². The first kappa shape index (κ1) is 13.4. The molecule has 2 N–H and O–H groups in total. The van der Waals surface area contributed by atoms with E-state index in [0.717, 1.165) is 44.8 Å². The highest BCUT2D eigenvalue weighted by Gasteiger charge is 2.22. The van der Waals surface area contributed by atoms with Gasteiger partial charge in [-0.25, -0.2) is 0 Å². The minimum absolute atomic E-state index is 0.215. The third kappa shape index (κ3) is 2.67. The van der Waals surface area contributed by atoms with Crippen LogP contribution >= 0.6 is 0 Å². The molecule has 1 unspecified atom stereocenters. The van der Waals surface area contributed by atoms with Crippen molar-refractivity contribution in [1.82, 2.24) is 9.78 Å². The number of nitrogens with zero attached hydrogens (tertiary/aromatic N) is 3. The van der Waals surface area contributed by atoms with Crippen LogP contribution in [0.3, 0.4) is 0 Å². The van der Waals surface area contributed by atoms with Crippen molar-refractivity contribution >= 4 is 5.82 Å². The molecule has 1 aliphatic rings. The van der Waals surface area contributed by atoms with Gasteiger partial charge in [0.2, 0.25) is 0 Å². The van der Waals surface area contributed by atoms with Crippen LogP contribution in [0.2, 0.25) is 0 Å². The van der Waals surface area contributed by atoms with E-state index in [0.29, 0.717) is 0 Å². The Labute approximate surface area is 109 Å². The molecule has 0 aromatic carbocycles. The molecule has 5 heteroatoms. The maximum Gasteiger partial charge on any atom is 0.130 e. The molecule has 0 radical (unpaired) electrons. The summed E-state index contributed by atoms with van der Waals surface area (Å²) >= 11 is 0. The summed E-state index contributed by atoms with van der Waals surface area (Å²) in [4.78, 5) is 2.36. The quantitative estimate of drug-likeness (QED) is 0.863. The van der Waals surface area contributed by atoms with Gasteiger partial charge < -0.3 is 15.4 Å². The lowest BCUT2D eigenvalue weighted by molar-refractivity contribution is 0.122. The Hall–Kier alpha value is -1.07. The van der Waals surface area contributed by atoms with E-state index in [1.54, 1.807) is 0 Å². The van der Waals surface area contributed by atoms with Crippen LogP contribution in [-0.2, 0) is 18.2 Å². The zero-order chi connectivity index (χ0) is 13.1. The van der Waals surface area contributed by atoms with Crippen LogP contribution in [-0.4, -0.2) is 42.1 Å². The van der Waals surface area contributed by atoms with Gasteiger partial charge in [0.05, 0.1) is 18.9 Å². The predicted molar refractivity (Wildman–Crippen MR) is 72.9 cm³/mol. The first-order valence-electron chi connectivity index (χ1n) is 6.74. The normalized spacial score (nSPS) is 18.1. The highest BCUT2D eigenvalue weighted by Crippen LogP contribution is 2.25. The summed E-state index contributed by atoms with van der Waals surface area (Å²) in [5, 5.41) is 4.55. The molecule has 1 aromatic heterocycles. The summed E-state index contributed by atoms with van der Waals surface area (Å²) in [5.41, 5.74) is 8.50. The molecule has 0 bridgehead atoms. The van der Waals surface area contributed by atoms with Gasteiger partial charge in [-0.15, -0.1) is 0 Å². The van der Waals surface area contributed by atoms with E-state index in [1.807, 2.05) is 11.7 Å². The molecule has 1 fully saturated rings. The van der Waals surface area contributed by atoms with E-state index in [2.05, 4.69) is 23.8 Å². The topological polar surface area (TPSA) is 56.3 Å². The summed E-state index contributed by atoms with van der Waals surface area (Å²) in [7, 11) is 2.01. The van der Waals surface area contributed by atoms with Gasteiger partial charge in [-0.05, 0) is 19.8 Å². The van der Waals surface area contributed by atoms with E-state index < -0.39 is 0 Å². The number of hydrogen-bond donors (Lipinski definition) is 1. The standard InChI is InChI=1S/C13H24N4O/c1-4-11(14)9-12-10(2)15-16(3)13(12)17-5-7-18-8-6-17/h11H,4-9,14H2,1-3H3. The van der Waals surface area contributed by atoms with Crippen molar-refractivity contribution in [2.24, 2.45) is 12.8 Å². The van der Waals surface area contributed by atoms with Crippen molar-refractivity contribution in [3.8, 4) is 0 Å². The van der Waals surface area contributed by atoms with Gasteiger partial charge in [-0.1, -0.05) is 6.92 Å². The fraction of sp³-hybridized carbons (Fsp3) is 0.769. The average molecular weight is 252 g/mol. The number of aromatic nitrogens is 2. The molecule has 5 nitrogen and oxygen atoms in total. The van der Waals surface area contributed by atoms with E-state index in [-0.39, 0.29) is 6.04 Å². The Kier molecular flexibility index (Phi) is 4.24. The zero-order valence-electron chi connectivity index (χ0n) is 11.6. The van der Waals surface area contributed by atoms with Crippen LogP contribution in [0.1, 0.15) is 24.6 Å². The molecule has 1 saturated heterocycles. The molecule has 1 aliphatic heterocycles. The summed E-state index contributed by atoms with van der Waals surface area (Å²) < 4.78 is 7.40. The van der Waals surface area contributed by atoms with Crippen LogP contribution in [0, 0.1) is 6.92 Å². The monoisotopic (exact) mass is 252 g/mol. The molecule has 2 rings (SSSR count). The smallest absolute Gasteiger partial charge is 0.130 e. The second kappa shape index (κ2) is 5.71. The van der Waals surface area contributed by atoms with Crippen LogP contribution < -0.4 is 10.6 Å². The van der Waals surface area contributed by atoms with Crippen LogP contribution in [0.15, 0.2) is 0 Å². The fourth-order valence-corrected chi connectivity index (χ4v) is 2.51. The minimum atomic E-state index is 0.215. The van der Waals surface area contributed by atoms with E-state index in [4.69, 9.17) is 10.5 Å². The Balaban J connectivity index is 2.26. The number of anilines is 1. The highest BCUT2D eigenvalue weighted by molar-refractivity contribution is 5.51. The number of aryl methyl sites for hydroxylation is 2. The van der Waals surface area contributed by atoms with E-state index in [9.17, 15) is 0 Å². The SMILES string of the molecule is CCC(N)Cc1c(C)nn(C)c1N1CCOCC1. The summed E-state index contributed by atoms with van der Waals surface area (Å²) in [6.45, 7) is 7.67. The Morgan fingerprint density at radius 1 is 1.39 bits per heavy atom. The lowest BCUT2D eigenvalue weighted by Crippen LogP contribution is -2.38. The predicted octanol–water partition coefficient (Wildman–Crippen LogP) is 0.845. The van der Waals surface area contributed by atoms with Crippen molar-refractivity contribution in [3.63, 3.8) is 0 Å². The lowest BCUT2D eigenvalue weighted by atomic mass is 10.0. The molecule has 102 valence electrons. The Bertz CT molecular complexity index is 396. The molecule has 1 aromatic rings. The first-order valence-corrected chi connectivity index (χ1v) is 6.74. The molecule has 0 amide bonds. The van der Waals surface area contributed by atoms with Crippen molar-refractivity contribution in [2.75, 3.05) is 31.2 Å². The third-order valence-electron chi connectivity index (χ3n) is 3.61. The molecular weight excluding hydrogens is 228 g/mol. The van der Waals surface area contributed by atoms with Gasteiger partial charge in [0.25, 0.3) is 0 Å². The molecule has 0 aliphatic carbocycles. The largest absolute Gasteiger partial charge is 0.378 e. The number of hydrogen-bond acceptors (Lipinski definition) is 4. The van der Waals surface area contributed by atoms with Crippen molar-refractivity contribution < 1.29 is 4.74 Å². The van der Waals surface area contributed by atoms with E-state index in [1.165, 1.54) is 11.4 Å². The summed E-state index contributed by atoms with van der Waals surface area (Å²) in [6, 6.07) is 0.215. The second-order valence-electron chi connectivity index (χ2n) is 4.98. The third-order valence-corrected chi connectivity index (χ3v) is 3.61. The Morgan fingerprint density at radius 2 is 2.06 bits per heavy atom. The maximum absolute atomic E-state index is 6.10. The van der Waals surface area contributed by atoms with Gasteiger partial charge in [0, 0.05) is 31.7 Å². The highest BCUT2D eigenvalue weighted by atomic mass is 16.5. The summed E-state index contributed by atoms with van der Waals surface area (Å²) in [6.07, 6.45) is 1.90. The van der Waals surface area contributed by atoms with Crippen LogP contribution in [0.5, 0.6) is 0 Å². The van der Waals surface area contributed by atoms with Gasteiger partial charge in [0.1, 0.15) is 5.82 Å². The van der Waals surface area contributed by atoms with Crippen molar-refractivity contribution in [1.29, 1.82) is 0 Å². The Morgan fingerprint density at radius 3 is 2.67 bits per heavy atom. The zero-order valence-corrected chi connectivity index (χ0v) is 11.6. The second-order valence-corrected chi connectivity index (χ2v) is 4.98. The van der Waals surface area contributed by atoms with Gasteiger partial charge >= 0.3 is 0 Å². The minimum Gasteiger partial charge on any atom is -0.378 e. The summed E-state index contributed by atoms with van der Waals surface area (Å²) in [5.74, 6) is 1.22. The maximum atomic E-state index is 6.10. The van der Waals surface area contributed by atoms with Crippen LogP contribution in [0.25, 0.3) is 0 Å². The van der Waals surface area contributed by atoms with Gasteiger partial charge in [-0.2, -0.15) is 5.10 Å². The number of rotatable bonds is 4. The van der Waals surface area contributed by atoms with Crippen molar-refractivity contribution in [2.45, 2.75) is 32.7 Å². The molecule has 2 heterocycles. The van der Waals surface area contributed by atoms with Crippen LogP contribution in [0.4, 0.5) is 5.82 Å². The fourth-order valence-electron chi connectivity index (χ4n) is 2.51. The number of nitrogens with two attached hydrogens (primary N) is 1. The number of morpholine rings is 1. The lowest BCUT2D eigenvalue weighted by Gasteiger charge is -2.30. The molecule has 0 saturated carbocycles. The van der Waals surface area contributed by atoms with E-state index >= 15 is 0 Å².